The fourth-order valence-electron chi connectivity index (χ4n) is 2.18. The molecule has 0 bridgehead atoms. The van der Waals surface area contributed by atoms with Crippen molar-refractivity contribution in [1.82, 2.24) is 5.32 Å². The summed E-state index contributed by atoms with van der Waals surface area (Å²) in [5, 5.41) is 3.38. The first-order chi connectivity index (χ1) is 10.2. The molecule has 0 fully saturated rings. The zero-order valence-corrected chi connectivity index (χ0v) is 12.2. The van der Waals surface area contributed by atoms with E-state index in [9.17, 15) is 4.39 Å². The van der Waals surface area contributed by atoms with Crippen LogP contribution in [0.15, 0.2) is 42.5 Å². The van der Waals surface area contributed by atoms with Gasteiger partial charge in [0.25, 0.3) is 0 Å². The SMILES string of the molecule is COc1ccc(CCNCCc2ccc(F)cc2)cc1N. The molecule has 2 aromatic carbocycles. The maximum atomic E-state index is 12.8. The molecule has 0 aliphatic rings. The Kier molecular flexibility index (Phi) is 5.58. The highest BCUT2D eigenvalue weighted by molar-refractivity contribution is 5.54. The van der Waals surface area contributed by atoms with Crippen molar-refractivity contribution in [2.24, 2.45) is 0 Å². The van der Waals surface area contributed by atoms with Gasteiger partial charge in [-0.2, -0.15) is 0 Å². The normalized spacial score (nSPS) is 10.6. The fourth-order valence-corrected chi connectivity index (χ4v) is 2.18. The molecule has 0 heterocycles. The van der Waals surface area contributed by atoms with Gasteiger partial charge in [0.2, 0.25) is 0 Å². The molecule has 0 unspecified atom stereocenters. The maximum Gasteiger partial charge on any atom is 0.141 e. The van der Waals surface area contributed by atoms with Gasteiger partial charge in [-0.15, -0.1) is 0 Å². The molecule has 0 saturated heterocycles. The lowest BCUT2D eigenvalue weighted by molar-refractivity contribution is 0.417. The highest BCUT2D eigenvalue weighted by Crippen LogP contribution is 2.21. The van der Waals surface area contributed by atoms with E-state index in [1.54, 1.807) is 7.11 Å². The molecular formula is C17H21FN2O. The molecule has 0 aliphatic heterocycles. The lowest BCUT2D eigenvalue weighted by Gasteiger charge is -2.08. The summed E-state index contributed by atoms with van der Waals surface area (Å²) in [6, 6.07) is 12.5. The Morgan fingerprint density at radius 1 is 1.00 bits per heavy atom. The molecule has 21 heavy (non-hydrogen) atoms. The van der Waals surface area contributed by atoms with E-state index in [4.69, 9.17) is 10.5 Å². The lowest BCUT2D eigenvalue weighted by Crippen LogP contribution is -2.20. The number of nitrogens with one attached hydrogen (secondary N) is 1. The second-order valence-corrected chi connectivity index (χ2v) is 4.95. The van der Waals surface area contributed by atoms with Crippen LogP contribution < -0.4 is 15.8 Å². The number of nitrogens with two attached hydrogens (primary N) is 1. The van der Waals surface area contributed by atoms with E-state index >= 15 is 0 Å². The zero-order chi connectivity index (χ0) is 15.1. The smallest absolute Gasteiger partial charge is 0.141 e. The minimum Gasteiger partial charge on any atom is -0.495 e. The molecule has 112 valence electrons. The van der Waals surface area contributed by atoms with Gasteiger partial charge in [-0.25, -0.2) is 4.39 Å². The maximum absolute atomic E-state index is 12.8. The largest absolute Gasteiger partial charge is 0.495 e. The number of anilines is 1. The van der Waals surface area contributed by atoms with Gasteiger partial charge < -0.3 is 15.8 Å². The van der Waals surface area contributed by atoms with Crippen LogP contribution in [-0.2, 0) is 12.8 Å². The summed E-state index contributed by atoms with van der Waals surface area (Å²) in [5.74, 6) is 0.520. The third kappa shape index (κ3) is 4.76. The van der Waals surface area contributed by atoms with Crippen LogP contribution in [0.2, 0.25) is 0 Å². The zero-order valence-electron chi connectivity index (χ0n) is 12.2. The Morgan fingerprint density at radius 3 is 2.24 bits per heavy atom. The highest BCUT2D eigenvalue weighted by Gasteiger charge is 2.00. The van der Waals surface area contributed by atoms with Crippen molar-refractivity contribution < 1.29 is 9.13 Å². The van der Waals surface area contributed by atoms with E-state index in [0.717, 1.165) is 31.5 Å². The number of hydrogen-bond acceptors (Lipinski definition) is 3. The minimum absolute atomic E-state index is 0.191. The molecule has 4 heteroatoms. The molecule has 0 aliphatic carbocycles. The van der Waals surface area contributed by atoms with E-state index in [-0.39, 0.29) is 5.82 Å². The van der Waals surface area contributed by atoms with Gasteiger partial charge in [-0.1, -0.05) is 18.2 Å². The molecule has 3 N–H and O–H groups in total. The van der Waals surface area contributed by atoms with Crippen molar-refractivity contribution in [2.45, 2.75) is 12.8 Å². The number of ether oxygens (including phenoxy) is 1. The van der Waals surface area contributed by atoms with Crippen molar-refractivity contribution in [3.05, 3.63) is 59.4 Å². The Morgan fingerprint density at radius 2 is 1.62 bits per heavy atom. The summed E-state index contributed by atoms with van der Waals surface area (Å²) in [4.78, 5) is 0. The van der Waals surface area contributed by atoms with Crippen LogP contribution in [0.5, 0.6) is 5.75 Å². The number of rotatable bonds is 7. The van der Waals surface area contributed by atoms with Crippen molar-refractivity contribution in [2.75, 3.05) is 25.9 Å². The lowest BCUT2D eigenvalue weighted by atomic mass is 10.1. The monoisotopic (exact) mass is 288 g/mol. The first kappa shape index (κ1) is 15.3. The summed E-state index contributed by atoms with van der Waals surface area (Å²) in [6.45, 7) is 1.75. The van der Waals surface area contributed by atoms with Crippen molar-refractivity contribution in [3.8, 4) is 5.75 Å². The Bertz CT molecular complexity index is 570. The van der Waals surface area contributed by atoms with Crippen molar-refractivity contribution in [3.63, 3.8) is 0 Å². The summed E-state index contributed by atoms with van der Waals surface area (Å²) >= 11 is 0. The Hall–Kier alpha value is -2.07. The van der Waals surface area contributed by atoms with Crippen molar-refractivity contribution >= 4 is 5.69 Å². The average Bonchev–Trinajstić information content (AvgIpc) is 2.49. The van der Waals surface area contributed by atoms with E-state index in [0.29, 0.717) is 11.4 Å². The third-order valence-corrected chi connectivity index (χ3v) is 3.39. The van der Waals surface area contributed by atoms with E-state index < -0.39 is 0 Å². The van der Waals surface area contributed by atoms with Crippen LogP contribution in [0.25, 0.3) is 0 Å². The van der Waals surface area contributed by atoms with Gasteiger partial charge >= 0.3 is 0 Å². The van der Waals surface area contributed by atoms with Crippen LogP contribution in [0.1, 0.15) is 11.1 Å². The number of methoxy groups -OCH3 is 1. The molecule has 0 amide bonds. The van der Waals surface area contributed by atoms with Crippen LogP contribution in [0.4, 0.5) is 10.1 Å². The van der Waals surface area contributed by atoms with E-state index in [1.165, 1.54) is 17.7 Å². The van der Waals surface area contributed by atoms with Gasteiger partial charge in [0.05, 0.1) is 12.8 Å². The summed E-state index contributed by atoms with van der Waals surface area (Å²) in [7, 11) is 1.61. The highest BCUT2D eigenvalue weighted by atomic mass is 19.1. The average molecular weight is 288 g/mol. The van der Waals surface area contributed by atoms with Gasteiger partial charge in [-0.3, -0.25) is 0 Å². The van der Waals surface area contributed by atoms with Crippen LogP contribution >= 0.6 is 0 Å². The molecule has 0 spiro atoms. The van der Waals surface area contributed by atoms with Gasteiger partial charge in [-0.05, 0) is 61.3 Å². The Labute approximate surface area is 124 Å². The summed E-state index contributed by atoms with van der Waals surface area (Å²) in [6.07, 6.45) is 1.81. The van der Waals surface area contributed by atoms with Gasteiger partial charge in [0.1, 0.15) is 11.6 Å². The standard InChI is InChI=1S/C17H21FN2O/c1-21-17-7-4-14(12-16(17)19)9-11-20-10-8-13-2-5-15(18)6-3-13/h2-7,12,20H,8-11,19H2,1H3. The fraction of sp³-hybridized carbons (Fsp3) is 0.294. The predicted octanol–water partition coefficient (Wildman–Crippen LogP) is 2.79. The molecule has 3 nitrogen and oxygen atoms in total. The molecule has 0 saturated carbocycles. The predicted molar refractivity (Wildman–Crippen MR) is 84.1 cm³/mol. The van der Waals surface area contributed by atoms with Crippen LogP contribution in [-0.4, -0.2) is 20.2 Å². The first-order valence-electron chi connectivity index (χ1n) is 7.06. The van der Waals surface area contributed by atoms with Crippen molar-refractivity contribution in [1.29, 1.82) is 0 Å². The second-order valence-electron chi connectivity index (χ2n) is 4.95. The van der Waals surface area contributed by atoms with Crippen LogP contribution in [0, 0.1) is 5.82 Å². The third-order valence-electron chi connectivity index (χ3n) is 3.39. The first-order valence-corrected chi connectivity index (χ1v) is 7.06. The quantitative estimate of drug-likeness (QED) is 0.608. The second kappa shape index (κ2) is 7.64. The molecule has 2 rings (SSSR count). The number of hydrogen-bond donors (Lipinski definition) is 2. The number of halogens is 1. The van der Waals surface area contributed by atoms with Crippen LogP contribution in [0.3, 0.4) is 0 Å². The van der Waals surface area contributed by atoms with Gasteiger partial charge in [0, 0.05) is 0 Å². The number of benzene rings is 2. The molecule has 0 radical (unpaired) electrons. The minimum atomic E-state index is -0.191. The summed E-state index contributed by atoms with van der Waals surface area (Å²) < 4.78 is 17.9. The van der Waals surface area contributed by atoms with Gasteiger partial charge in [0.15, 0.2) is 0 Å². The summed E-state index contributed by atoms with van der Waals surface area (Å²) in [5.41, 5.74) is 8.86. The topological polar surface area (TPSA) is 47.3 Å². The molecule has 0 aromatic heterocycles. The molecule has 2 aromatic rings. The molecular weight excluding hydrogens is 267 g/mol. The van der Waals surface area contributed by atoms with E-state index in [1.807, 2.05) is 30.3 Å². The molecule has 0 atom stereocenters. The van der Waals surface area contributed by atoms with E-state index in [2.05, 4.69) is 5.32 Å². The Balaban J connectivity index is 1.70. The number of nitrogen functional groups attached to an aromatic ring is 1.